The van der Waals surface area contributed by atoms with Crippen LogP contribution in [0.3, 0.4) is 0 Å². The monoisotopic (exact) mass is 402 g/mol. The second-order valence-corrected chi connectivity index (χ2v) is 7.08. The van der Waals surface area contributed by atoms with Crippen molar-refractivity contribution in [3.63, 3.8) is 0 Å². The lowest BCUT2D eigenvalue weighted by molar-refractivity contribution is -0.116. The maximum absolute atomic E-state index is 13.5. The molecule has 0 aromatic heterocycles. The first-order valence-electron chi connectivity index (χ1n) is 9.81. The summed E-state index contributed by atoms with van der Waals surface area (Å²) in [6, 6.07) is 10.0. The minimum atomic E-state index is -0.916. The van der Waals surface area contributed by atoms with Gasteiger partial charge in [-0.25, -0.2) is 8.78 Å². The zero-order valence-electron chi connectivity index (χ0n) is 16.0. The first kappa shape index (κ1) is 20.8. The summed E-state index contributed by atoms with van der Waals surface area (Å²) >= 11 is 0. The fraction of sp³-hybridized carbons (Fsp3) is 0.364. The molecule has 0 aliphatic heterocycles. The largest absolute Gasteiger partial charge is 0.490 e. The van der Waals surface area contributed by atoms with Gasteiger partial charge in [0.25, 0.3) is 5.91 Å². The molecule has 1 fully saturated rings. The fourth-order valence-corrected chi connectivity index (χ4v) is 3.26. The molecule has 0 heterocycles. The number of benzene rings is 2. The van der Waals surface area contributed by atoms with Gasteiger partial charge in [-0.1, -0.05) is 0 Å². The van der Waals surface area contributed by atoms with Crippen molar-refractivity contribution in [2.45, 2.75) is 44.6 Å². The molecule has 0 spiro atoms. The van der Waals surface area contributed by atoms with Gasteiger partial charge >= 0.3 is 0 Å². The third-order valence-electron chi connectivity index (χ3n) is 4.78. The third-order valence-corrected chi connectivity index (χ3v) is 4.78. The molecule has 2 amide bonds. The summed E-state index contributed by atoms with van der Waals surface area (Å²) < 4.78 is 32.3. The lowest BCUT2D eigenvalue weighted by Crippen LogP contribution is -2.26. The highest BCUT2D eigenvalue weighted by molar-refractivity contribution is 5.94. The quantitative estimate of drug-likeness (QED) is 0.642. The zero-order chi connectivity index (χ0) is 20.6. The van der Waals surface area contributed by atoms with E-state index in [1.54, 1.807) is 12.1 Å². The van der Waals surface area contributed by atoms with Gasteiger partial charge < -0.3 is 15.4 Å². The van der Waals surface area contributed by atoms with Crippen LogP contribution in [-0.4, -0.2) is 24.5 Å². The van der Waals surface area contributed by atoms with Gasteiger partial charge in [0.05, 0.1) is 11.7 Å². The maximum Gasteiger partial charge on any atom is 0.254 e. The van der Waals surface area contributed by atoms with Crippen molar-refractivity contribution in [1.82, 2.24) is 5.32 Å². The first-order valence-corrected chi connectivity index (χ1v) is 9.81. The van der Waals surface area contributed by atoms with Crippen molar-refractivity contribution < 1.29 is 23.1 Å². The van der Waals surface area contributed by atoms with Gasteiger partial charge in [0, 0.05) is 24.7 Å². The Labute approximate surface area is 168 Å². The minimum Gasteiger partial charge on any atom is -0.490 e. The number of carbonyl (C=O) groups is 2. The Morgan fingerprint density at radius 1 is 1.03 bits per heavy atom. The van der Waals surface area contributed by atoms with E-state index in [0.717, 1.165) is 30.7 Å². The van der Waals surface area contributed by atoms with Crippen LogP contribution >= 0.6 is 0 Å². The number of ether oxygens (including phenoxy) is 1. The number of carbonyl (C=O) groups excluding carboxylic acids is 2. The predicted molar refractivity (Wildman–Crippen MR) is 106 cm³/mol. The molecule has 2 aromatic carbocycles. The third kappa shape index (κ3) is 6.27. The topological polar surface area (TPSA) is 67.4 Å². The molecule has 3 rings (SSSR count). The van der Waals surface area contributed by atoms with Crippen LogP contribution in [0.25, 0.3) is 0 Å². The van der Waals surface area contributed by atoms with Gasteiger partial charge in [-0.05, 0) is 68.5 Å². The highest BCUT2D eigenvalue weighted by atomic mass is 19.1. The lowest BCUT2D eigenvalue weighted by Gasteiger charge is -2.13. The van der Waals surface area contributed by atoms with Gasteiger partial charge in [-0.3, -0.25) is 9.59 Å². The second kappa shape index (κ2) is 10.0. The van der Waals surface area contributed by atoms with Crippen molar-refractivity contribution in [3.05, 3.63) is 59.7 Å². The zero-order valence-corrected chi connectivity index (χ0v) is 16.0. The molecule has 2 N–H and O–H groups in total. The summed E-state index contributed by atoms with van der Waals surface area (Å²) in [4.78, 5) is 23.9. The van der Waals surface area contributed by atoms with Crippen molar-refractivity contribution >= 4 is 17.5 Å². The Kier molecular flexibility index (Phi) is 7.16. The van der Waals surface area contributed by atoms with Crippen LogP contribution in [0.4, 0.5) is 14.5 Å². The van der Waals surface area contributed by atoms with E-state index in [9.17, 15) is 18.4 Å². The summed E-state index contributed by atoms with van der Waals surface area (Å²) in [6.45, 7) is 0.206. The highest BCUT2D eigenvalue weighted by Crippen LogP contribution is 2.25. The normalized spacial score (nSPS) is 13.9. The molecule has 29 heavy (non-hydrogen) atoms. The van der Waals surface area contributed by atoms with Crippen LogP contribution in [-0.2, 0) is 4.79 Å². The number of nitrogens with one attached hydrogen (secondary N) is 2. The summed E-state index contributed by atoms with van der Waals surface area (Å²) in [5.41, 5.74) is 0.446. The second-order valence-electron chi connectivity index (χ2n) is 7.08. The Bertz CT molecular complexity index is 850. The summed E-state index contributed by atoms with van der Waals surface area (Å²) in [6.07, 6.45) is 5.46. The predicted octanol–water partition coefficient (Wildman–Crippen LogP) is 4.43. The van der Waals surface area contributed by atoms with Crippen LogP contribution in [0.5, 0.6) is 5.75 Å². The molecular formula is C22H24F2N2O3. The molecule has 0 saturated heterocycles. The van der Waals surface area contributed by atoms with E-state index in [1.165, 1.54) is 12.8 Å². The average Bonchev–Trinajstić information content (AvgIpc) is 3.20. The van der Waals surface area contributed by atoms with E-state index < -0.39 is 17.5 Å². The molecule has 1 aliphatic rings. The van der Waals surface area contributed by atoms with Crippen LogP contribution < -0.4 is 15.4 Å². The number of amides is 2. The van der Waals surface area contributed by atoms with E-state index in [4.69, 9.17) is 4.74 Å². The molecule has 0 radical (unpaired) electrons. The van der Waals surface area contributed by atoms with E-state index in [2.05, 4.69) is 10.6 Å². The van der Waals surface area contributed by atoms with E-state index in [1.807, 2.05) is 12.1 Å². The molecule has 0 atom stereocenters. The summed E-state index contributed by atoms with van der Waals surface area (Å²) in [5.74, 6) is -1.68. The smallest absolute Gasteiger partial charge is 0.254 e. The summed E-state index contributed by atoms with van der Waals surface area (Å²) in [7, 11) is 0. The standard InChI is InChI=1S/C22H24F2N2O3/c23-15-7-12-19(20(24)14-15)22(28)25-13-3-6-21(27)26-16-8-10-18(11-9-16)29-17-4-1-2-5-17/h7-12,14,17H,1-6,13H2,(H,25,28)(H,26,27). The summed E-state index contributed by atoms with van der Waals surface area (Å²) in [5, 5.41) is 5.31. The molecule has 2 aromatic rings. The maximum atomic E-state index is 13.5. The van der Waals surface area contributed by atoms with Gasteiger partial charge in [0.1, 0.15) is 17.4 Å². The molecule has 7 heteroatoms. The average molecular weight is 402 g/mol. The van der Waals surface area contributed by atoms with Crippen molar-refractivity contribution in [2.24, 2.45) is 0 Å². The van der Waals surface area contributed by atoms with Crippen molar-refractivity contribution in [1.29, 1.82) is 0 Å². The van der Waals surface area contributed by atoms with Crippen LogP contribution in [0.2, 0.25) is 0 Å². The Hall–Kier alpha value is -2.96. The number of halogens is 2. The molecule has 1 saturated carbocycles. The van der Waals surface area contributed by atoms with Gasteiger partial charge in [-0.2, -0.15) is 0 Å². The van der Waals surface area contributed by atoms with Crippen LogP contribution in [0, 0.1) is 11.6 Å². The van der Waals surface area contributed by atoms with Crippen LogP contribution in [0.15, 0.2) is 42.5 Å². The van der Waals surface area contributed by atoms with Crippen molar-refractivity contribution in [3.8, 4) is 5.75 Å². The molecule has 0 bridgehead atoms. The van der Waals surface area contributed by atoms with E-state index in [0.29, 0.717) is 18.2 Å². The SMILES string of the molecule is O=C(CCCNC(=O)c1ccc(F)cc1F)Nc1ccc(OC2CCCC2)cc1. The van der Waals surface area contributed by atoms with Gasteiger partial charge in [0.15, 0.2) is 0 Å². The van der Waals surface area contributed by atoms with Crippen LogP contribution in [0.1, 0.15) is 48.9 Å². The molecule has 5 nitrogen and oxygen atoms in total. The molecule has 154 valence electrons. The number of anilines is 1. The minimum absolute atomic E-state index is 0.184. The Morgan fingerprint density at radius 3 is 2.45 bits per heavy atom. The Morgan fingerprint density at radius 2 is 1.76 bits per heavy atom. The van der Waals surface area contributed by atoms with Crippen molar-refractivity contribution in [2.75, 3.05) is 11.9 Å². The first-order chi connectivity index (χ1) is 14.0. The molecule has 1 aliphatic carbocycles. The Balaban J connectivity index is 1.36. The molecular weight excluding hydrogens is 378 g/mol. The highest BCUT2D eigenvalue weighted by Gasteiger charge is 2.16. The van der Waals surface area contributed by atoms with Gasteiger partial charge in [-0.15, -0.1) is 0 Å². The van der Waals surface area contributed by atoms with Gasteiger partial charge in [0.2, 0.25) is 5.91 Å². The lowest BCUT2D eigenvalue weighted by atomic mass is 10.2. The van der Waals surface area contributed by atoms with E-state index >= 15 is 0 Å². The number of rotatable bonds is 8. The number of hydrogen-bond acceptors (Lipinski definition) is 3. The molecule has 0 unspecified atom stereocenters. The number of hydrogen-bond donors (Lipinski definition) is 2. The fourth-order valence-electron chi connectivity index (χ4n) is 3.26. The van der Waals surface area contributed by atoms with E-state index in [-0.39, 0.29) is 30.5 Å².